The van der Waals surface area contributed by atoms with Crippen LogP contribution < -0.4 is 10.1 Å². The Bertz CT molecular complexity index is 427. The number of hydrogen-bond donors (Lipinski definition) is 1. The first-order valence-electron chi connectivity index (χ1n) is 8.01. The molecule has 2 atom stereocenters. The Balaban J connectivity index is 2.00. The molecule has 0 amide bonds. The Labute approximate surface area is 123 Å². The maximum absolute atomic E-state index is 5.50. The van der Waals surface area contributed by atoms with Crippen LogP contribution >= 0.6 is 0 Å². The Morgan fingerprint density at radius 2 is 1.95 bits per heavy atom. The molecule has 0 heterocycles. The fourth-order valence-electron chi connectivity index (χ4n) is 3.28. The highest BCUT2D eigenvalue weighted by atomic mass is 16.5. The third-order valence-corrected chi connectivity index (χ3v) is 4.67. The number of aryl methyl sites for hydroxylation is 1. The van der Waals surface area contributed by atoms with Gasteiger partial charge < -0.3 is 10.1 Å². The quantitative estimate of drug-likeness (QED) is 0.779. The molecule has 2 nitrogen and oxygen atoms in total. The van der Waals surface area contributed by atoms with Crippen LogP contribution in [-0.2, 0) is 0 Å². The van der Waals surface area contributed by atoms with E-state index in [4.69, 9.17) is 4.74 Å². The zero-order valence-electron chi connectivity index (χ0n) is 13.4. The minimum Gasteiger partial charge on any atom is -0.495 e. The average molecular weight is 275 g/mol. The minimum atomic E-state index is 0.593. The lowest BCUT2D eigenvalue weighted by Gasteiger charge is -2.21. The van der Waals surface area contributed by atoms with Crippen molar-refractivity contribution in [2.45, 2.75) is 58.9 Å². The molecule has 0 saturated heterocycles. The lowest BCUT2D eigenvalue weighted by molar-refractivity contribution is 0.341. The zero-order chi connectivity index (χ0) is 14.5. The SMILES string of the molecule is COc1cc(C)ccc1NC1CCCC(C(C)C)CC1. The molecule has 2 rings (SSSR count). The van der Waals surface area contributed by atoms with Gasteiger partial charge in [0.25, 0.3) is 0 Å². The van der Waals surface area contributed by atoms with Crippen molar-refractivity contribution in [2.75, 3.05) is 12.4 Å². The topological polar surface area (TPSA) is 21.3 Å². The lowest BCUT2D eigenvalue weighted by Crippen LogP contribution is -2.19. The fourth-order valence-corrected chi connectivity index (χ4v) is 3.28. The molecule has 20 heavy (non-hydrogen) atoms. The van der Waals surface area contributed by atoms with Gasteiger partial charge in [0.15, 0.2) is 0 Å². The first kappa shape index (κ1) is 15.2. The first-order valence-corrected chi connectivity index (χ1v) is 8.01. The summed E-state index contributed by atoms with van der Waals surface area (Å²) < 4.78 is 5.50. The van der Waals surface area contributed by atoms with Crippen molar-refractivity contribution in [3.63, 3.8) is 0 Å². The Morgan fingerprint density at radius 3 is 2.65 bits per heavy atom. The minimum absolute atomic E-state index is 0.593. The summed E-state index contributed by atoms with van der Waals surface area (Å²) in [6, 6.07) is 7.00. The summed E-state index contributed by atoms with van der Waals surface area (Å²) in [4.78, 5) is 0. The normalized spacial score (nSPS) is 23.4. The van der Waals surface area contributed by atoms with Gasteiger partial charge in [-0.1, -0.05) is 32.8 Å². The van der Waals surface area contributed by atoms with Gasteiger partial charge >= 0.3 is 0 Å². The molecule has 2 unspecified atom stereocenters. The molecule has 1 aliphatic rings. The van der Waals surface area contributed by atoms with Crippen LogP contribution in [0.25, 0.3) is 0 Å². The van der Waals surface area contributed by atoms with Gasteiger partial charge in [-0.25, -0.2) is 0 Å². The molecule has 1 saturated carbocycles. The van der Waals surface area contributed by atoms with Crippen molar-refractivity contribution < 1.29 is 4.74 Å². The Kier molecular flexibility index (Phi) is 5.33. The first-order chi connectivity index (χ1) is 9.60. The van der Waals surface area contributed by atoms with Gasteiger partial charge in [-0.3, -0.25) is 0 Å². The highest BCUT2D eigenvalue weighted by molar-refractivity contribution is 5.58. The maximum atomic E-state index is 5.50. The van der Waals surface area contributed by atoms with Crippen LogP contribution in [0.2, 0.25) is 0 Å². The summed E-state index contributed by atoms with van der Waals surface area (Å²) >= 11 is 0. The van der Waals surface area contributed by atoms with E-state index in [-0.39, 0.29) is 0 Å². The Morgan fingerprint density at radius 1 is 1.15 bits per heavy atom. The van der Waals surface area contributed by atoms with Crippen LogP contribution in [0.3, 0.4) is 0 Å². The van der Waals surface area contributed by atoms with Crippen molar-refractivity contribution in [1.29, 1.82) is 0 Å². The molecule has 0 bridgehead atoms. The largest absolute Gasteiger partial charge is 0.495 e. The van der Waals surface area contributed by atoms with E-state index in [1.165, 1.54) is 37.7 Å². The van der Waals surface area contributed by atoms with E-state index in [0.717, 1.165) is 23.3 Å². The maximum Gasteiger partial charge on any atom is 0.142 e. The van der Waals surface area contributed by atoms with E-state index >= 15 is 0 Å². The molecule has 1 fully saturated rings. The van der Waals surface area contributed by atoms with Crippen LogP contribution in [0, 0.1) is 18.8 Å². The summed E-state index contributed by atoms with van der Waals surface area (Å²) in [5.74, 6) is 2.69. The van der Waals surface area contributed by atoms with Crippen LogP contribution in [0.4, 0.5) is 5.69 Å². The van der Waals surface area contributed by atoms with E-state index in [0.29, 0.717) is 6.04 Å². The zero-order valence-corrected chi connectivity index (χ0v) is 13.4. The summed E-state index contributed by atoms with van der Waals surface area (Å²) in [5.41, 5.74) is 2.39. The predicted molar refractivity (Wildman–Crippen MR) is 86.6 cm³/mol. The molecule has 2 heteroatoms. The van der Waals surface area contributed by atoms with Gasteiger partial charge in [-0.15, -0.1) is 0 Å². The molecule has 112 valence electrons. The molecule has 0 aliphatic heterocycles. The number of anilines is 1. The second-order valence-electron chi connectivity index (χ2n) is 6.56. The van der Waals surface area contributed by atoms with E-state index in [1.807, 2.05) is 0 Å². The lowest BCUT2D eigenvalue weighted by atomic mass is 9.89. The third kappa shape index (κ3) is 3.91. The number of rotatable bonds is 4. The van der Waals surface area contributed by atoms with Crippen molar-refractivity contribution >= 4 is 5.69 Å². The third-order valence-electron chi connectivity index (χ3n) is 4.67. The Hall–Kier alpha value is -1.18. The van der Waals surface area contributed by atoms with Gasteiger partial charge in [0.05, 0.1) is 12.8 Å². The summed E-state index contributed by atoms with van der Waals surface area (Å²) in [7, 11) is 1.75. The number of benzene rings is 1. The monoisotopic (exact) mass is 275 g/mol. The van der Waals surface area contributed by atoms with Crippen molar-refractivity contribution in [3.8, 4) is 5.75 Å². The van der Waals surface area contributed by atoms with E-state index in [2.05, 4.69) is 44.3 Å². The molecule has 0 spiro atoms. The van der Waals surface area contributed by atoms with Gasteiger partial charge in [0, 0.05) is 6.04 Å². The molecule has 0 radical (unpaired) electrons. The average Bonchev–Trinajstić information content (AvgIpc) is 2.66. The highest BCUT2D eigenvalue weighted by Crippen LogP contribution is 2.32. The van der Waals surface area contributed by atoms with Crippen LogP contribution in [0.5, 0.6) is 5.75 Å². The molecule has 1 aliphatic carbocycles. The van der Waals surface area contributed by atoms with E-state index < -0.39 is 0 Å². The molecule has 1 aromatic rings. The van der Waals surface area contributed by atoms with Crippen LogP contribution in [0.15, 0.2) is 18.2 Å². The van der Waals surface area contributed by atoms with E-state index in [9.17, 15) is 0 Å². The standard InChI is InChI=1S/C18H29NO/c1-13(2)15-6-5-7-16(10-9-15)19-17-11-8-14(3)12-18(17)20-4/h8,11-13,15-16,19H,5-7,9-10H2,1-4H3. The smallest absolute Gasteiger partial charge is 0.142 e. The molecular formula is C18H29NO. The number of hydrogen-bond acceptors (Lipinski definition) is 2. The van der Waals surface area contributed by atoms with Crippen LogP contribution in [0.1, 0.15) is 51.5 Å². The van der Waals surface area contributed by atoms with Gasteiger partial charge in [0.1, 0.15) is 5.75 Å². The molecular weight excluding hydrogens is 246 g/mol. The summed E-state index contributed by atoms with van der Waals surface area (Å²) in [6.45, 7) is 6.83. The predicted octanol–water partition coefficient (Wildman–Crippen LogP) is 5.02. The van der Waals surface area contributed by atoms with Crippen molar-refractivity contribution in [3.05, 3.63) is 23.8 Å². The van der Waals surface area contributed by atoms with Gasteiger partial charge in [-0.2, -0.15) is 0 Å². The van der Waals surface area contributed by atoms with Crippen LogP contribution in [-0.4, -0.2) is 13.2 Å². The van der Waals surface area contributed by atoms with Gasteiger partial charge in [0.2, 0.25) is 0 Å². The van der Waals surface area contributed by atoms with Crippen molar-refractivity contribution in [2.24, 2.45) is 11.8 Å². The molecule has 1 aromatic carbocycles. The highest BCUT2D eigenvalue weighted by Gasteiger charge is 2.21. The van der Waals surface area contributed by atoms with Gasteiger partial charge in [-0.05, 0) is 55.7 Å². The second kappa shape index (κ2) is 7.01. The summed E-state index contributed by atoms with van der Waals surface area (Å²) in [5, 5.41) is 3.70. The summed E-state index contributed by atoms with van der Waals surface area (Å²) in [6.07, 6.45) is 6.64. The molecule has 0 aromatic heterocycles. The second-order valence-corrected chi connectivity index (χ2v) is 6.56. The fraction of sp³-hybridized carbons (Fsp3) is 0.667. The van der Waals surface area contributed by atoms with Crippen molar-refractivity contribution in [1.82, 2.24) is 0 Å². The number of ether oxygens (including phenoxy) is 1. The number of nitrogens with one attached hydrogen (secondary N) is 1. The molecule has 1 N–H and O–H groups in total. The van der Waals surface area contributed by atoms with E-state index in [1.54, 1.807) is 7.11 Å². The number of methoxy groups -OCH3 is 1.